The summed E-state index contributed by atoms with van der Waals surface area (Å²) in [5, 5.41) is 3.93. The standard InChI is InChI=1S/C13H17ClFNO/c1-9(13-3-2-6-17-13)16-8-10-7-11(15)4-5-12(10)14/h4-5,7,9,13,16H,2-3,6,8H2,1H3. The second-order valence-electron chi connectivity index (χ2n) is 4.46. The van der Waals surface area contributed by atoms with Crippen molar-refractivity contribution in [2.45, 2.75) is 38.5 Å². The summed E-state index contributed by atoms with van der Waals surface area (Å²) in [7, 11) is 0. The second-order valence-corrected chi connectivity index (χ2v) is 4.86. The van der Waals surface area contributed by atoms with Crippen molar-refractivity contribution in [2.75, 3.05) is 6.61 Å². The van der Waals surface area contributed by atoms with Crippen LogP contribution in [0.1, 0.15) is 25.3 Å². The minimum Gasteiger partial charge on any atom is -0.377 e. The molecule has 1 aromatic rings. The smallest absolute Gasteiger partial charge is 0.123 e. The van der Waals surface area contributed by atoms with Crippen molar-refractivity contribution in [3.63, 3.8) is 0 Å². The second kappa shape index (κ2) is 5.80. The first-order valence-electron chi connectivity index (χ1n) is 5.96. The molecule has 94 valence electrons. The molecule has 4 heteroatoms. The SMILES string of the molecule is CC(NCc1cc(F)ccc1Cl)C1CCCO1. The van der Waals surface area contributed by atoms with Gasteiger partial charge in [0, 0.05) is 24.2 Å². The topological polar surface area (TPSA) is 21.3 Å². The minimum atomic E-state index is -0.254. The lowest BCUT2D eigenvalue weighted by Crippen LogP contribution is -2.36. The summed E-state index contributed by atoms with van der Waals surface area (Å²) in [6, 6.07) is 4.69. The van der Waals surface area contributed by atoms with Gasteiger partial charge in [-0.2, -0.15) is 0 Å². The molecular formula is C13H17ClFNO. The summed E-state index contributed by atoms with van der Waals surface area (Å²) < 4.78 is 18.6. The van der Waals surface area contributed by atoms with Gasteiger partial charge in [0.05, 0.1) is 6.10 Å². The number of halogens is 2. The lowest BCUT2D eigenvalue weighted by Gasteiger charge is -2.20. The highest BCUT2D eigenvalue weighted by atomic mass is 35.5. The third-order valence-electron chi connectivity index (χ3n) is 3.14. The fourth-order valence-corrected chi connectivity index (χ4v) is 2.26. The van der Waals surface area contributed by atoms with E-state index in [-0.39, 0.29) is 18.0 Å². The number of nitrogens with one attached hydrogen (secondary N) is 1. The van der Waals surface area contributed by atoms with Gasteiger partial charge in [0.1, 0.15) is 5.82 Å². The molecule has 2 atom stereocenters. The Morgan fingerprint density at radius 2 is 2.41 bits per heavy atom. The molecule has 0 bridgehead atoms. The van der Waals surface area contributed by atoms with Gasteiger partial charge in [0.25, 0.3) is 0 Å². The van der Waals surface area contributed by atoms with Crippen LogP contribution in [0.15, 0.2) is 18.2 Å². The largest absolute Gasteiger partial charge is 0.377 e. The molecule has 1 aliphatic rings. The highest BCUT2D eigenvalue weighted by molar-refractivity contribution is 6.31. The summed E-state index contributed by atoms with van der Waals surface area (Å²) in [5.74, 6) is -0.254. The van der Waals surface area contributed by atoms with Crippen LogP contribution in [0.25, 0.3) is 0 Å². The number of rotatable bonds is 4. The normalized spacial score (nSPS) is 21.7. The van der Waals surface area contributed by atoms with Gasteiger partial charge >= 0.3 is 0 Å². The van der Waals surface area contributed by atoms with Gasteiger partial charge < -0.3 is 10.1 Å². The Hall–Kier alpha value is -0.640. The maximum Gasteiger partial charge on any atom is 0.123 e. The van der Waals surface area contributed by atoms with Gasteiger partial charge in [-0.3, -0.25) is 0 Å². The van der Waals surface area contributed by atoms with Gasteiger partial charge in [-0.25, -0.2) is 4.39 Å². The fraction of sp³-hybridized carbons (Fsp3) is 0.538. The van der Waals surface area contributed by atoms with E-state index in [0.29, 0.717) is 11.6 Å². The van der Waals surface area contributed by atoms with Gasteiger partial charge in [-0.1, -0.05) is 11.6 Å². The van der Waals surface area contributed by atoms with Crippen LogP contribution in [0.4, 0.5) is 4.39 Å². The summed E-state index contributed by atoms with van der Waals surface area (Å²) in [6.07, 6.45) is 2.48. The van der Waals surface area contributed by atoms with Crippen LogP contribution in [0.2, 0.25) is 5.02 Å². The summed E-state index contributed by atoms with van der Waals surface area (Å²) in [5.41, 5.74) is 0.788. The van der Waals surface area contributed by atoms with Crippen LogP contribution in [0, 0.1) is 5.82 Å². The van der Waals surface area contributed by atoms with Crippen molar-refractivity contribution in [2.24, 2.45) is 0 Å². The third-order valence-corrected chi connectivity index (χ3v) is 3.51. The zero-order valence-corrected chi connectivity index (χ0v) is 10.6. The third kappa shape index (κ3) is 3.41. The molecule has 17 heavy (non-hydrogen) atoms. The predicted octanol–water partition coefficient (Wildman–Crippen LogP) is 3.14. The van der Waals surface area contributed by atoms with Gasteiger partial charge in [0.2, 0.25) is 0 Å². The number of ether oxygens (including phenoxy) is 1. The molecule has 2 unspecified atom stereocenters. The van der Waals surface area contributed by atoms with Crippen molar-refractivity contribution in [3.05, 3.63) is 34.6 Å². The molecule has 0 amide bonds. The molecule has 1 saturated heterocycles. The van der Waals surface area contributed by atoms with Crippen LogP contribution < -0.4 is 5.32 Å². The van der Waals surface area contributed by atoms with E-state index in [0.717, 1.165) is 25.0 Å². The summed E-state index contributed by atoms with van der Waals surface area (Å²) in [4.78, 5) is 0. The first-order chi connectivity index (χ1) is 8.16. The highest BCUT2D eigenvalue weighted by Gasteiger charge is 2.21. The summed E-state index contributed by atoms with van der Waals surface area (Å²) in [6.45, 7) is 3.50. The zero-order valence-electron chi connectivity index (χ0n) is 9.88. The van der Waals surface area contributed by atoms with Crippen LogP contribution >= 0.6 is 11.6 Å². The van der Waals surface area contributed by atoms with Crippen molar-refractivity contribution in [1.29, 1.82) is 0 Å². The van der Waals surface area contributed by atoms with Crippen molar-refractivity contribution in [1.82, 2.24) is 5.32 Å². The van der Waals surface area contributed by atoms with Crippen LogP contribution in [-0.4, -0.2) is 18.8 Å². The van der Waals surface area contributed by atoms with Crippen molar-refractivity contribution >= 4 is 11.6 Å². The number of hydrogen-bond acceptors (Lipinski definition) is 2. The van der Waals surface area contributed by atoms with Crippen molar-refractivity contribution < 1.29 is 9.13 Å². The number of hydrogen-bond donors (Lipinski definition) is 1. The Bertz CT molecular complexity index is 380. The average Bonchev–Trinajstić information content (AvgIpc) is 2.83. The molecular weight excluding hydrogens is 241 g/mol. The van der Waals surface area contributed by atoms with E-state index in [1.165, 1.54) is 12.1 Å². The monoisotopic (exact) mass is 257 g/mol. The maximum absolute atomic E-state index is 13.1. The Labute approximate surface area is 106 Å². The van der Waals surface area contributed by atoms with Crippen LogP contribution in [0.5, 0.6) is 0 Å². The van der Waals surface area contributed by atoms with Crippen LogP contribution in [0.3, 0.4) is 0 Å². The lowest BCUT2D eigenvalue weighted by atomic mass is 10.1. The van der Waals surface area contributed by atoms with E-state index in [2.05, 4.69) is 12.2 Å². The molecule has 2 nitrogen and oxygen atoms in total. The average molecular weight is 258 g/mol. The Balaban J connectivity index is 1.90. The van der Waals surface area contributed by atoms with E-state index < -0.39 is 0 Å². The van der Waals surface area contributed by atoms with Crippen molar-refractivity contribution in [3.8, 4) is 0 Å². The molecule has 0 aromatic heterocycles. The Kier molecular flexibility index (Phi) is 4.37. The molecule has 0 saturated carbocycles. The highest BCUT2D eigenvalue weighted by Crippen LogP contribution is 2.19. The molecule has 0 spiro atoms. The molecule has 1 aromatic carbocycles. The Morgan fingerprint density at radius 3 is 3.12 bits per heavy atom. The molecule has 1 aliphatic heterocycles. The molecule has 2 rings (SSSR count). The van der Waals surface area contributed by atoms with E-state index in [1.54, 1.807) is 6.07 Å². The molecule has 1 fully saturated rings. The molecule has 1 heterocycles. The predicted molar refractivity (Wildman–Crippen MR) is 66.7 cm³/mol. The Morgan fingerprint density at radius 1 is 1.59 bits per heavy atom. The first kappa shape index (κ1) is 12.8. The van der Waals surface area contributed by atoms with E-state index in [4.69, 9.17) is 16.3 Å². The molecule has 1 N–H and O–H groups in total. The van der Waals surface area contributed by atoms with Gasteiger partial charge in [0.15, 0.2) is 0 Å². The van der Waals surface area contributed by atoms with E-state index in [1.807, 2.05) is 0 Å². The lowest BCUT2D eigenvalue weighted by molar-refractivity contribution is 0.0832. The first-order valence-corrected chi connectivity index (χ1v) is 6.33. The van der Waals surface area contributed by atoms with Gasteiger partial charge in [-0.05, 0) is 43.5 Å². The van der Waals surface area contributed by atoms with Crippen LogP contribution in [-0.2, 0) is 11.3 Å². The fourth-order valence-electron chi connectivity index (χ4n) is 2.08. The maximum atomic E-state index is 13.1. The quantitative estimate of drug-likeness (QED) is 0.895. The summed E-state index contributed by atoms with van der Waals surface area (Å²) >= 11 is 6.00. The molecule has 0 aliphatic carbocycles. The van der Waals surface area contributed by atoms with E-state index in [9.17, 15) is 4.39 Å². The number of benzene rings is 1. The minimum absolute atomic E-state index is 0.254. The van der Waals surface area contributed by atoms with Gasteiger partial charge in [-0.15, -0.1) is 0 Å². The van der Waals surface area contributed by atoms with E-state index >= 15 is 0 Å². The molecule has 0 radical (unpaired) electrons. The zero-order chi connectivity index (χ0) is 12.3.